The zero-order valence-corrected chi connectivity index (χ0v) is 13.7. The molecule has 1 aliphatic rings. The van der Waals surface area contributed by atoms with Gasteiger partial charge in [-0.25, -0.2) is 4.98 Å². The molecule has 0 saturated heterocycles. The highest BCUT2D eigenvalue weighted by molar-refractivity contribution is 7.15. The molecule has 22 heavy (non-hydrogen) atoms. The van der Waals surface area contributed by atoms with Gasteiger partial charge in [0.25, 0.3) is 0 Å². The lowest BCUT2D eigenvalue weighted by molar-refractivity contribution is 0.100. The Morgan fingerprint density at radius 2 is 1.95 bits per heavy atom. The molecule has 0 atom stereocenters. The van der Waals surface area contributed by atoms with Crippen molar-refractivity contribution < 1.29 is 4.79 Å². The molecule has 0 unspecified atom stereocenters. The van der Waals surface area contributed by atoms with E-state index in [1.807, 2.05) is 18.3 Å². The smallest absolute Gasteiger partial charge is 0.248 e. The van der Waals surface area contributed by atoms with Gasteiger partial charge in [-0.15, -0.1) is 23.7 Å². The normalized spacial score (nSPS) is 13.9. The van der Waals surface area contributed by atoms with Gasteiger partial charge >= 0.3 is 0 Å². The second kappa shape index (κ2) is 7.09. The maximum absolute atomic E-state index is 11.1. The van der Waals surface area contributed by atoms with E-state index in [1.165, 1.54) is 23.3 Å². The SMILES string of the molecule is Cl.NC(=O)c1ccc(CN(Cc2cnc(N)s2)C2CC2)cc1. The van der Waals surface area contributed by atoms with E-state index in [-0.39, 0.29) is 18.3 Å². The van der Waals surface area contributed by atoms with Gasteiger partial charge in [0, 0.05) is 35.8 Å². The molecule has 0 bridgehead atoms. The third-order valence-electron chi connectivity index (χ3n) is 3.62. The summed E-state index contributed by atoms with van der Waals surface area (Å²) < 4.78 is 0. The summed E-state index contributed by atoms with van der Waals surface area (Å²) in [6.45, 7) is 1.73. The van der Waals surface area contributed by atoms with Gasteiger partial charge in [0.1, 0.15) is 0 Å². The average molecular weight is 339 g/mol. The number of hydrogen-bond donors (Lipinski definition) is 2. The van der Waals surface area contributed by atoms with Gasteiger partial charge in [-0.2, -0.15) is 0 Å². The van der Waals surface area contributed by atoms with Gasteiger partial charge in [0.2, 0.25) is 5.91 Å². The molecule has 1 aromatic heterocycles. The second-order valence-corrected chi connectivity index (χ2v) is 6.51. The van der Waals surface area contributed by atoms with Crippen LogP contribution in [-0.4, -0.2) is 21.8 Å². The summed E-state index contributed by atoms with van der Waals surface area (Å²) in [5, 5.41) is 0.617. The highest BCUT2D eigenvalue weighted by atomic mass is 35.5. The van der Waals surface area contributed by atoms with Crippen molar-refractivity contribution in [3.05, 3.63) is 46.5 Å². The minimum atomic E-state index is -0.388. The highest BCUT2D eigenvalue weighted by Gasteiger charge is 2.29. The van der Waals surface area contributed by atoms with Crippen LogP contribution < -0.4 is 11.5 Å². The van der Waals surface area contributed by atoms with Crippen LogP contribution in [0.25, 0.3) is 0 Å². The Morgan fingerprint density at radius 3 is 2.45 bits per heavy atom. The van der Waals surface area contributed by atoms with Crippen LogP contribution in [-0.2, 0) is 13.1 Å². The van der Waals surface area contributed by atoms with Gasteiger partial charge in [0.15, 0.2) is 5.13 Å². The summed E-state index contributed by atoms with van der Waals surface area (Å²) in [7, 11) is 0. The fraction of sp³-hybridized carbons (Fsp3) is 0.333. The van der Waals surface area contributed by atoms with Gasteiger partial charge in [-0.1, -0.05) is 12.1 Å². The summed E-state index contributed by atoms with van der Waals surface area (Å²) in [5.41, 5.74) is 12.7. The average Bonchev–Trinajstić information content (AvgIpc) is 3.23. The molecule has 0 aliphatic heterocycles. The molecular weight excluding hydrogens is 320 g/mol. The van der Waals surface area contributed by atoms with E-state index in [0.29, 0.717) is 16.7 Å². The standard InChI is InChI=1S/C15H18N4OS.ClH/c16-14(20)11-3-1-10(2-4-11)8-19(12-5-6-12)9-13-7-18-15(17)21-13;/h1-4,7,12H,5-6,8-9H2,(H2,16,20)(H2,17,18);1H. The van der Waals surface area contributed by atoms with Crippen LogP contribution in [0.15, 0.2) is 30.5 Å². The Hall–Kier alpha value is -1.63. The number of carbonyl (C=O) groups excluding carboxylic acids is 1. The largest absolute Gasteiger partial charge is 0.375 e. The van der Waals surface area contributed by atoms with E-state index in [2.05, 4.69) is 9.88 Å². The van der Waals surface area contributed by atoms with Crippen molar-refractivity contribution in [1.82, 2.24) is 9.88 Å². The summed E-state index contributed by atoms with van der Waals surface area (Å²) >= 11 is 1.54. The molecule has 3 rings (SSSR count). The molecular formula is C15H19ClN4OS. The molecule has 0 spiro atoms. The summed E-state index contributed by atoms with van der Waals surface area (Å²) in [6.07, 6.45) is 4.34. The number of nitrogen functional groups attached to an aromatic ring is 1. The van der Waals surface area contributed by atoms with Gasteiger partial charge in [-0.3, -0.25) is 9.69 Å². The first-order chi connectivity index (χ1) is 10.1. The molecule has 5 nitrogen and oxygen atoms in total. The third kappa shape index (κ3) is 4.19. The molecule has 118 valence electrons. The Morgan fingerprint density at radius 1 is 1.27 bits per heavy atom. The van der Waals surface area contributed by atoms with Crippen molar-refractivity contribution >= 4 is 34.8 Å². The zero-order chi connectivity index (χ0) is 14.8. The van der Waals surface area contributed by atoms with E-state index in [1.54, 1.807) is 23.5 Å². The maximum atomic E-state index is 11.1. The third-order valence-corrected chi connectivity index (χ3v) is 4.43. The number of hydrogen-bond acceptors (Lipinski definition) is 5. The van der Waals surface area contributed by atoms with Crippen LogP contribution in [0.2, 0.25) is 0 Å². The zero-order valence-electron chi connectivity index (χ0n) is 12.1. The van der Waals surface area contributed by atoms with Crippen LogP contribution in [0.4, 0.5) is 5.13 Å². The number of nitrogens with two attached hydrogens (primary N) is 2. The number of benzene rings is 1. The number of anilines is 1. The lowest BCUT2D eigenvalue weighted by Gasteiger charge is -2.21. The van der Waals surface area contributed by atoms with Crippen LogP contribution in [0.1, 0.15) is 33.6 Å². The van der Waals surface area contributed by atoms with Crippen LogP contribution in [0, 0.1) is 0 Å². The Balaban J connectivity index is 0.00000176. The van der Waals surface area contributed by atoms with Crippen LogP contribution in [0.3, 0.4) is 0 Å². The van der Waals surface area contributed by atoms with Crippen molar-refractivity contribution in [2.24, 2.45) is 5.73 Å². The fourth-order valence-corrected chi connectivity index (χ4v) is 3.07. The van der Waals surface area contributed by atoms with Crippen molar-refractivity contribution in [2.45, 2.75) is 32.0 Å². The first kappa shape index (κ1) is 16.7. The minimum absolute atomic E-state index is 0. The van der Waals surface area contributed by atoms with E-state index in [4.69, 9.17) is 11.5 Å². The molecule has 1 aliphatic carbocycles. The van der Waals surface area contributed by atoms with Gasteiger partial charge in [0.05, 0.1) is 0 Å². The Kier molecular flexibility index (Phi) is 5.39. The number of aromatic nitrogens is 1. The summed E-state index contributed by atoms with van der Waals surface area (Å²) in [6, 6.07) is 8.15. The van der Waals surface area contributed by atoms with Crippen LogP contribution in [0.5, 0.6) is 0 Å². The highest BCUT2D eigenvalue weighted by Crippen LogP contribution is 2.31. The van der Waals surface area contributed by atoms with Crippen molar-refractivity contribution in [2.75, 3.05) is 5.73 Å². The van der Waals surface area contributed by atoms with Crippen LogP contribution >= 0.6 is 23.7 Å². The van der Waals surface area contributed by atoms with Crippen molar-refractivity contribution in [3.63, 3.8) is 0 Å². The molecule has 4 N–H and O–H groups in total. The Bertz CT molecular complexity index is 639. The first-order valence-corrected chi connectivity index (χ1v) is 7.76. The van der Waals surface area contributed by atoms with E-state index in [0.717, 1.165) is 13.1 Å². The predicted molar refractivity (Wildman–Crippen MR) is 91.0 cm³/mol. The molecule has 1 amide bonds. The van der Waals surface area contributed by atoms with E-state index in [9.17, 15) is 4.79 Å². The molecule has 1 heterocycles. The van der Waals surface area contributed by atoms with Gasteiger partial charge in [-0.05, 0) is 30.5 Å². The molecule has 1 aromatic carbocycles. The van der Waals surface area contributed by atoms with E-state index < -0.39 is 0 Å². The Labute approximate surface area is 139 Å². The first-order valence-electron chi connectivity index (χ1n) is 6.95. The quantitative estimate of drug-likeness (QED) is 0.847. The number of carbonyl (C=O) groups is 1. The fourth-order valence-electron chi connectivity index (χ4n) is 2.36. The predicted octanol–water partition coefficient (Wildman–Crippen LogP) is 2.41. The summed E-state index contributed by atoms with van der Waals surface area (Å²) in [5.74, 6) is -0.388. The molecule has 1 fully saturated rings. The number of primary amides is 1. The number of thiazole rings is 1. The monoisotopic (exact) mass is 338 g/mol. The number of amides is 1. The maximum Gasteiger partial charge on any atom is 0.248 e. The second-order valence-electron chi connectivity index (χ2n) is 5.36. The topological polar surface area (TPSA) is 85.2 Å². The molecule has 7 heteroatoms. The lowest BCUT2D eigenvalue weighted by Crippen LogP contribution is -2.24. The van der Waals surface area contributed by atoms with Gasteiger partial charge < -0.3 is 11.5 Å². The molecule has 0 radical (unpaired) electrons. The summed E-state index contributed by atoms with van der Waals surface area (Å²) in [4.78, 5) is 18.8. The minimum Gasteiger partial charge on any atom is -0.375 e. The number of halogens is 1. The number of rotatable bonds is 6. The molecule has 1 saturated carbocycles. The lowest BCUT2D eigenvalue weighted by atomic mass is 10.1. The number of nitrogens with zero attached hydrogens (tertiary/aromatic N) is 2. The molecule has 2 aromatic rings. The van der Waals surface area contributed by atoms with E-state index >= 15 is 0 Å². The van der Waals surface area contributed by atoms with Crippen molar-refractivity contribution in [1.29, 1.82) is 0 Å². The van der Waals surface area contributed by atoms with Crippen molar-refractivity contribution in [3.8, 4) is 0 Å².